The topological polar surface area (TPSA) is 89.6 Å². The molecule has 6 heteroatoms. The highest BCUT2D eigenvalue weighted by Gasteiger charge is 2.31. The van der Waals surface area contributed by atoms with Gasteiger partial charge in [0.1, 0.15) is 5.69 Å². The van der Waals surface area contributed by atoms with Gasteiger partial charge < -0.3 is 5.73 Å². The van der Waals surface area contributed by atoms with Gasteiger partial charge in [-0.15, -0.1) is 0 Å². The smallest absolute Gasteiger partial charge is 0.248 e. The summed E-state index contributed by atoms with van der Waals surface area (Å²) in [6.45, 7) is 5.42. The van der Waals surface area contributed by atoms with E-state index in [1.165, 1.54) is 16.8 Å². The highest BCUT2D eigenvalue weighted by atomic mass is 16.1. The van der Waals surface area contributed by atoms with Gasteiger partial charge in [0.2, 0.25) is 5.91 Å². The Kier molecular flexibility index (Phi) is 4.93. The molecule has 0 aliphatic heterocycles. The van der Waals surface area contributed by atoms with E-state index in [-0.39, 0.29) is 5.41 Å². The normalized spacial score (nSPS) is 14.8. The first-order valence-electron chi connectivity index (χ1n) is 11.0. The second-order valence-electron chi connectivity index (χ2n) is 9.37. The lowest BCUT2D eigenvalue weighted by Gasteiger charge is -2.30. The monoisotopic (exact) mass is 425 g/mol. The first-order chi connectivity index (χ1) is 15.4. The van der Waals surface area contributed by atoms with Gasteiger partial charge in [-0.3, -0.25) is 14.6 Å². The molecule has 0 unspecified atom stereocenters. The van der Waals surface area contributed by atoms with Gasteiger partial charge in [-0.1, -0.05) is 56.3 Å². The Morgan fingerprint density at radius 3 is 2.59 bits per heavy atom. The molecule has 2 aromatic carbocycles. The molecule has 32 heavy (non-hydrogen) atoms. The summed E-state index contributed by atoms with van der Waals surface area (Å²) in [5.41, 5.74) is 13.6. The van der Waals surface area contributed by atoms with Crippen LogP contribution in [0.1, 0.15) is 47.4 Å². The van der Waals surface area contributed by atoms with Crippen LogP contribution in [0.25, 0.3) is 22.6 Å². The Labute approximate surface area is 187 Å². The highest BCUT2D eigenvalue weighted by Crippen LogP contribution is 2.39. The molecule has 0 saturated carbocycles. The van der Waals surface area contributed by atoms with Crippen LogP contribution in [0, 0.1) is 5.41 Å². The zero-order valence-corrected chi connectivity index (χ0v) is 18.4. The second kappa shape index (κ2) is 7.79. The van der Waals surface area contributed by atoms with Gasteiger partial charge in [-0.25, -0.2) is 0 Å². The number of fused-ring (bicyclic) bond motifs is 1. The van der Waals surface area contributed by atoms with E-state index in [9.17, 15) is 4.79 Å². The number of aromatic nitrogens is 4. The molecule has 2 aromatic heterocycles. The van der Waals surface area contributed by atoms with Crippen LogP contribution in [0.4, 0.5) is 0 Å². The van der Waals surface area contributed by atoms with Crippen LogP contribution in [0.15, 0.2) is 60.7 Å². The Morgan fingerprint density at radius 2 is 1.88 bits per heavy atom. The third-order valence-electron chi connectivity index (χ3n) is 6.34. The summed E-state index contributed by atoms with van der Waals surface area (Å²) < 4.78 is 2.17. The molecule has 3 N–H and O–H groups in total. The van der Waals surface area contributed by atoms with Gasteiger partial charge in [0.25, 0.3) is 0 Å². The van der Waals surface area contributed by atoms with Gasteiger partial charge in [0.05, 0.1) is 17.9 Å². The molecule has 5 rings (SSSR count). The molecule has 0 bridgehead atoms. The van der Waals surface area contributed by atoms with Crippen molar-refractivity contribution in [1.29, 1.82) is 0 Å². The van der Waals surface area contributed by atoms with Crippen LogP contribution in [0.5, 0.6) is 0 Å². The number of nitrogens with two attached hydrogens (primary N) is 1. The predicted octanol–water partition coefficient (Wildman–Crippen LogP) is 4.60. The minimum Gasteiger partial charge on any atom is -0.366 e. The maximum absolute atomic E-state index is 11.3. The third-order valence-corrected chi connectivity index (χ3v) is 6.34. The number of nitrogens with zero attached hydrogens (tertiary/aromatic N) is 3. The molecular weight excluding hydrogens is 398 g/mol. The van der Waals surface area contributed by atoms with Crippen molar-refractivity contribution < 1.29 is 4.79 Å². The average Bonchev–Trinajstić information content (AvgIpc) is 3.39. The van der Waals surface area contributed by atoms with Crippen LogP contribution in [-0.2, 0) is 19.4 Å². The van der Waals surface area contributed by atoms with E-state index in [2.05, 4.69) is 53.0 Å². The molecule has 1 aliphatic rings. The van der Waals surface area contributed by atoms with Crippen molar-refractivity contribution in [2.24, 2.45) is 11.1 Å². The second-order valence-corrected chi connectivity index (χ2v) is 9.37. The summed E-state index contributed by atoms with van der Waals surface area (Å²) in [6.07, 6.45) is 3.16. The Balaban J connectivity index is 1.52. The molecule has 0 atom stereocenters. The summed E-state index contributed by atoms with van der Waals surface area (Å²) in [5.74, 6) is -0.433. The fraction of sp³-hybridized carbons (Fsp3) is 0.269. The standard InChI is InChI=1S/C26H27N5O/c1-26(2)13-12-20-23(15-26)31(16-17-6-4-3-5-7-17)30-24(20)22-14-21(28-29-22)18-8-10-19(11-9-18)25(27)32/h3-11,14H,12-13,15-16H2,1-2H3,(H2,27,32)(H,28,29). The Hall–Kier alpha value is -3.67. The number of H-pyrrole nitrogens is 1. The molecule has 4 aromatic rings. The van der Waals surface area contributed by atoms with Crippen molar-refractivity contribution in [3.63, 3.8) is 0 Å². The fourth-order valence-electron chi connectivity index (χ4n) is 4.50. The van der Waals surface area contributed by atoms with E-state index < -0.39 is 5.91 Å². The van der Waals surface area contributed by atoms with Gasteiger partial charge in [0.15, 0.2) is 0 Å². The predicted molar refractivity (Wildman–Crippen MR) is 125 cm³/mol. The van der Waals surface area contributed by atoms with E-state index in [4.69, 9.17) is 10.8 Å². The van der Waals surface area contributed by atoms with Crippen LogP contribution >= 0.6 is 0 Å². The van der Waals surface area contributed by atoms with Gasteiger partial charge in [-0.2, -0.15) is 10.2 Å². The van der Waals surface area contributed by atoms with Crippen LogP contribution in [0.2, 0.25) is 0 Å². The van der Waals surface area contributed by atoms with Crippen LogP contribution < -0.4 is 5.73 Å². The Bertz CT molecular complexity index is 1270. The molecule has 0 radical (unpaired) electrons. The van der Waals surface area contributed by atoms with Gasteiger partial charge in [0, 0.05) is 22.4 Å². The number of nitrogens with one attached hydrogen (secondary N) is 1. The lowest BCUT2D eigenvalue weighted by molar-refractivity contribution is 0.100. The van der Waals surface area contributed by atoms with Crippen molar-refractivity contribution in [2.75, 3.05) is 0 Å². The fourth-order valence-corrected chi connectivity index (χ4v) is 4.50. The zero-order chi connectivity index (χ0) is 22.3. The van der Waals surface area contributed by atoms with E-state index in [0.717, 1.165) is 48.5 Å². The van der Waals surface area contributed by atoms with Crippen molar-refractivity contribution in [2.45, 2.75) is 39.7 Å². The number of benzene rings is 2. The maximum Gasteiger partial charge on any atom is 0.248 e. The number of hydrogen-bond acceptors (Lipinski definition) is 3. The van der Waals surface area contributed by atoms with Gasteiger partial charge >= 0.3 is 0 Å². The van der Waals surface area contributed by atoms with Crippen molar-refractivity contribution >= 4 is 5.91 Å². The quantitative estimate of drug-likeness (QED) is 0.490. The molecule has 0 fully saturated rings. The first kappa shape index (κ1) is 20.2. The van der Waals surface area contributed by atoms with E-state index in [1.807, 2.05) is 24.3 Å². The summed E-state index contributed by atoms with van der Waals surface area (Å²) in [7, 11) is 0. The van der Waals surface area contributed by atoms with Crippen molar-refractivity contribution in [3.8, 4) is 22.6 Å². The SMILES string of the molecule is CC1(C)CCc2c(-c3cc(-c4ccc(C(N)=O)cc4)n[nH]3)nn(Cc3ccccc3)c2C1. The lowest BCUT2D eigenvalue weighted by atomic mass is 9.76. The summed E-state index contributed by atoms with van der Waals surface area (Å²) >= 11 is 0. The number of rotatable bonds is 5. The number of carbonyl (C=O) groups excluding carboxylic acids is 1. The first-order valence-corrected chi connectivity index (χ1v) is 11.0. The van der Waals surface area contributed by atoms with E-state index in [1.54, 1.807) is 12.1 Å². The number of carbonyl (C=O) groups is 1. The molecule has 0 saturated heterocycles. The number of primary amides is 1. The van der Waals surface area contributed by atoms with E-state index in [0.29, 0.717) is 5.56 Å². The lowest BCUT2D eigenvalue weighted by Crippen LogP contribution is -2.24. The molecule has 0 spiro atoms. The van der Waals surface area contributed by atoms with Crippen LogP contribution in [0.3, 0.4) is 0 Å². The molecule has 2 heterocycles. The largest absolute Gasteiger partial charge is 0.366 e. The molecule has 162 valence electrons. The molecule has 6 nitrogen and oxygen atoms in total. The molecular formula is C26H27N5O. The average molecular weight is 426 g/mol. The highest BCUT2D eigenvalue weighted by molar-refractivity contribution is 5.93. The number of hydrogen-bond donors (Lipinski definition) is 2. The third kappa shape index (κ3) is 3.84. The summed E-state index contributed by atoms with van der Waals surface area (Å²) in [5, 5.41) is 12.8. The minimum absolute atomic E-state index is 0.264. The summed E-state index contributed by atoms with van der Waals surface area (Å²) in [4.78, 5) is 11.3. The van der Waals surface area contributed by atoms with Crippen molar-refractivity contribution in [3.05, 3.63) is 83.0 Å². The maximum atomic E-state index is 11.3. The number of amides is 1. The van der Waals surface area contributed by atoms with Crippen LogP contribution in [-0.4, -0.2) is 25.9 Å². The zero-order valence-electron chi connectivity index (χ0n) is 18.4. The summed E-state index contributed by atoms with van der Waals surface area (Å²) in [6, 6.07) is 19.7. The minimum atomic E-state index is -0.433. The molecule has 1 aliphatic carbocycles. The molecule has 1 amide bonds. The number of aromatic amines is 1. The van der Waals surface area contributed by atoms with E-state index >= 15 is 0 Å². The van der Waals surface area contributed by atoms with Gasteiger partial charge in [-0.05, 0) is 48.4 Å². The van der Waals surface area contributed by atoms with Crippen molar-refractivity contribution in [1.82, 2.24) is 20.0 Å². The Morgan fingerprint density at radius 1 is 1.12 bits per heavy atom.